The van der Waals surface area contributed by atoms with Crippen molar-refractivity contribution in [3.8, 4) is 12.3 Å². The third-order valence-electron chi connectivity index (χ3n) is 1.61. The van der Waals surface area contributed by atoms with Crippen molar-refractivity contribution in [2.75, 3.05) is 6.61 Å². The zero-order valence-electron chi connectivity index (χ0n) is 7.48. The average Bonchev–Trinajstić information content (AvgIpc) is 2.09. The van der Waals surface area contributed by atoms with Gasteiger partial charge in [0, 0.05) is 11.0 Å². The summed E-state index contributed by atoms with van der Waals surface area (Å²) in [6, 6.07) is 0. The minimum atomic E-state index is -2.50. The van der Waals surface area contributed by atoms with Gasteiger partial charge in [-0.1, -0.05) is 6.08 Å². The van der Waals surface area contributed by atoms with E-state index in [0.29, 0.717) is 6.42 Å². The molecule has 2 atom stereocenters. The molecule has 0 saturated carbocycles. The third kappa shape index (κ3) is 7.67. The maximum absolute atomic E-state index is 10.2. The zero-order chi connectivity index (χ0) is 10.1. The van der Waals surface area contributed by atoms with Crippen molar-refractivity contribution in [3.63, 3.8) is 0 Å². The van der Waals surface area contributed by atoms with Gasteiger partial charge in [0.25, 0.3) is 0 Å². The molecular weight excluding hydrogens is 187 g/mol. The second kappa shape index (κ2) is 7.94. The standard InChI is InChI=1S/C9H13O3P/c1-3-5-7-9(6-4-2)8-12-13(10)11/h2-3,9H,1,5-8H2/p+1. The molecule has 0 aromatic carbocycles. The second-order valence-corrected chi connectivity index (χ2v) is 3.41. The van der Waals surface area contributed by atoms with E-state index in [4.69, 9.17) is 11.3 Å². The summed E-state index contributed by atoms with van der Waals surface area (Å²) in [4.78, 5) is 8.41. The van der Waals surface area contributed by atoms with E-state index in [2.05, 4.69) is 17.0 Å². The molecule has 0 bridgehead atoms. The molecule has 0 aliphatic heterocycles. The van der Waals surface area contributed by atoms with Crippen LogP contribution in [0.4, 0.5) is 0 Å². The molecule has 13 heavy (non-hydrogen) atoms. The summed E-state index contributed by atoms with van der Waals surface area (Å²) in [6.07, 6.45) is 9.19. The number of rotatable bonds is 7. The molecule has 0 heterocycles. The number of allylic oxidation sites excluding steroid dienone is 1. The minimum Gasteiger partial charge on any atom is -0.133 e. The van der Waals surface area contributed by atoms with Crippen molar-refractivity contribution in [3.05, 3.63) is 12.7 Å². The van der Waals surface area contributed by atoms with Crippen LogP contribution >= 0.6 is 8.25 Å². The van der Waals surface area contributed by atoms with Crippen molar-refractivity contribution in [1.29, 1.82) is 0 Å². The fourth-order valence-corrected chi connectivity index (χ4v) is 1.27. The van der Waals surface area contributed by atoms with Gasteiger partial charge in [0.05, 0.1) is 0 Å². The van der Waals surface area contributed by atoms with Crippen LogP contribution in [0, 0.1) is 18.3 Å². The molecule has 0 amide bonds. The first-order chi connectivity index (χ1) is 6.20. The van der Waals surface area contributed by atoms with Gasteiger partial charge in [-0.2, -0.15) is 0 Å². The Hall–Kier alpha value is -0.680. The molecule has 0 rings (SSSR count). The van der Waals surface area contributed by atoms with Crippen molar-refractivity contribution in [1.82, 2.24) is 0 Å². The predicted molar refractivity (Wildman–Crippen MR) is 52.1 cm³/mol. The Bertz CT molecular complexity index is 207. The van der Waals surface area contributed by atoms with Crippen LogP contribution in [0.15, 0.2) is 12.7 Å². The van der Waals surface area contributed by atoms with E-state index in [9.17, 15) is 4.57 Å². The molecule has 0 aliphatic rings. The minimum absolute atomic E-state index is 0.147. The van der Waals surface area contributed by atoms with Gasteiger partial charge < -0.3 is 0 Å². The van der Waals surface area contributed by atoms with Crippen molar-refractivity contribution < 1.29 is 14.0 Å². The highest BCUT2D eigenvalue weighted by molar-refractivity contribution is 7.32. The largest absolute Gasteiger partial charge is 0.694 e. The van der Waals surface area contributed by atoms with Crippen LogP contribution in [-0.2, 0) is 9.09 Å². The first-order valence-corrected chi connectivity index (χ1v) is 5.17. The van der Waals surface area contributed by atoms with Gasteiger partial charge in [-0.3, -0.25) is 0 Å². The van der Waals surface area contributed by atoms with Crippen LogP contribution in [0.25, 0.3) is 0 Å². The first kappa shape index (κ1) is 12.3. The summed E-state index contributed by atoms with van der Waals surface area (Å²) in [7, 11) is -2.50. The predicted octanol–water partition coefficient (Wildman–Crippen LogP) is 2.26. The lowest BCUT2D eigenvalue weighted by atomic mass is 10.0. The summed E-state index contributed by atoms with van der Waals surface area (Å²) < 4.78 is 14.8. The monoisotopic (exact) mass is 201 g/mol. The molecule has 1 N–H and O–H groups in total. The van der Waals surface area contributed by atoms with Gasteiger partial charge in [0.1, 0.15) is 6.61 Å². The maximum atomic E-state index is 10.2. The molecule has 0 radical (unpaired) electrons. The fraction of sp³-hybridized carbons (Fsp3) is 0.556. The van der Waals surface area contributed by atoms with Crippen LogP contribution in [0.1, 0.15) is 19.3 Å². The summed E-state index contributed by atoms with van der Waals surface area (Å²) in [6.45, 7) is 3.83. The van der Waals surface area contributed by atoms with Gasteiger partial charge in [0.2, 0.25) is 0 Å². The SMILES string of the molecule is C#CCC(CCC=C)CO[P+](=O)O. The normalized spacial score (nSPS) is 13.1. The van der Waals surface area contributed by atoms with Crippen LogP contribution in [0.5, 0.6) is 0 Å². The van der Waals surface area contributed by atoms with Crippen LogP contribution < -0.4 is 0 Å². The number of hydrogen-bond acceptors (Lipinski definition) is 2. The van der Waals surface area contributed by atoms with Crippen LogP contribution in [0.2, 0.25) is 0 Å². The smallest absolute Gasteiger partial charge is 0.133 e. The van der Waals surface area contributed by atoms with E-state index in [1.54, 1.807) is 6.08 Å². The van der Waals surface area contributed by atoms with E-state index >= 15 is 0 Å². The van der Waals surface area contributed by atoms with Crippen LogP contribution in [-0.4, -0.2) is 11.5 Å². The lowest BCUT2D eigenvalue weighted by Crippen LogP contribution is -2.06. The molecule has 3 nitrogen and oxygen atoms in total. The Morgan fingerprint density at radius 3 is 2.92 bits per heavy atom. The molecule has 2 unspecified atom stereocenters. The maximum Gasteiger partial charge on any atom is 0.694 e. The van der Waals surface area contributed by atoms with Crippen LogP contribution in [0.3, 0.4) is 0 Å². The lowest BCUT2D eigenvalue weighted by Gasteiger charge is -2.07. The van der Waals surface area contributed by atoms with Crippen molar-refractivity contribution in [2.45, 2.75) is 19.3 Å². The Morgan fingerprint density at radius 2 is 2.46 bits per heavy atom. The third-order valence-corrected chi connectivity index (χ3v) is 1.98. The molecule has 4 heteroatoms. The lowest BCUT2D eigenvalue weighted by molar-refractivity contribution is 0.227. The molecule has 0 aromatic heterocycles. The van der Waals surface area contributed by atoms with E-state index in [0.717, 1.165) is 12.8 Å². The zero-order valence-corrected chi connectivity index (χ0v) is 8.37. The fourth-order valence-electron chi connectivity index (χ4n) is 0.934. The Kier molecular flexibility index (Phi) is 7.53. The van der Waals surface area contributed by atoms with E-state index in [1.807, 2.05) is 0 Å². The Labute approximate surface area is 79.8 Å². The quantitative estimate of drug-likeness (QED) is 0.390. The van der Waals surface area contributed by atoms with E-state index < -0.39 is 8.25 Å². The molecule has 0 aromatic rings. The summed E-state index contributed by atoms with van der Waals surface area (Å²) in [5.74, 6) is 2.66. The summed E-state index contributed by atoms with van der Waals surface area (Å²) in [5.41, 5.74) is 0. The van der Waals surface area contributed by atoms with Gasteiger partial charge in [0.15, 0.2) is 0 Å². The highest BCUT2D eigenvalue weighted by Gasteiger charge is 2.16. The van der Waals surface area contributed by atoms with Gasteiger partial charge in [-0.05, 0) is 18.8 Å². The molecule has 0 saturated heterocycles. The molecular formula is C9H14O3P+. The summed E-state index contributed by atoms with van der Waals surface area (Å²) in [5, 5.41) is 0. The van der Waals surface area contributed by atoms with Gasteiger partial charge in [-0.15, -0.1) is 28.3 Å². The van der Waals surface area contributed by atoms with Crippen molar-refractivity contribution >= 4 is 8.25 Å². The number of hydrogen-bond donors (Lipinski definition) is 1. The molecule has 0 aliphatic carbocycles. The van der Waals surface area contributed by atoms with Gasteiger partial charge >= 0.3 is 8.25 Å². The highest BCUT2D eigenvalue weighted by Crippen LogP contribution is 2.20. The highest BCUT2D eigenvalue weighted by atomic mass is 31.1. The van der Waals surface area contributed by atoms with Crippen molar-refractivity contribution in [2.24, 2.45) is 5.92 Å². The Morgan fingerprint density at radius 1 is 1.77 bits per heavy atom. The van der Waals surface area contributed by atoms with E-state index in [1.165, 1.54) is 0 Å². The average molecular weight is 201 g/mol. The molecule has 0 fully saturated rings. The van der Waals surface area contributed by atoms with Gasteiger partial charge in [-0.25, -0.2) is 0 Å². The molecule has 72 valence electrons. The first-order valence-electron chi connectivity index (χ1n) is 4.04. The summed E-state index contributed by atoms with van der Waals surface area (Å²) >= 11 is 0. The second-order valence-electron chi connectivity index (χ2n) is 2.67. The Balaban J connectivity index is 3.73. The molecule has 0 spiro atoms. The number of terminal acetylenes is 1. The van der Waals surface area contributed by atoms with E-state index in [-0.39, 0.29) is 12.5 Å². The topological polar surface area (TPSA) is 46.5 Å².